The van der Waals surface area contributed by atoms with E-state index < -0.39 is 24.5 Å². The lowest BCUT2D eigenvalue weighted by Crippen LogP contribution is -2.36. The minimum absolute atomic E-state index is 0.0503. The lowest BCUT2D eigenvalue weighted by Gasteiger charge is -2.16. The van der Waals surface area contributed by atoms with Crippen molar-refractivity contribution in [3.8, 4) is 11.1 Å². The van der Waals surface area contributed by atoms with E-state index >= 15 is 0 Å². The largest absolute Gasteiger partial charge is 0.441 e. The summed E-state index contributed by atoms with van der Waals surface area (Å²) in [7, 11) is 0. The predicted molar refractivity (Wildman–Crippen MR) is 125 cm³/mol. The van der Waals surface area contributed by atoms with Gasteiger partial charge in [-0.1, -0.05) is 6.07 Å². The highest BCUT2D eigenvalue weighted by atomic mass is 19.1. The summed E-state index contributed by atoms with van der Waals surface area (Å²) in [6.07, 6.45) is 2.80. The molecule has 0 radical (unpaired) electrons. The number of hydrogen-bond acceptors (Lipinski definition) is 8. The monoisotopic (exact) mass is 480 g/mol. The van der Waals surface area contributed by atoms with Crippen molar-refractivity contribution in [3.05, 3.63) is 54.4 Å². The number of carbonyl (C=O) groups is 1. The molecule has 3 N–H and O–H groups in total. The van der Waals surface area contributed by atoms with Crippen molar-refractivity contribution in [2.24, 2.45) is 0 Å². The van der Waals surface area contributed by atoms with Crippen LogP contribution in [0.5, 0.6) is 0 Å². The number of anilines is 2. The number of aromatic amines is 1. The first-order chi connectivity index (χ1) is 16.9. The highest BCUT2D eigenvalue weighted by molar-refractivity contribution is 5.80. The quantitative estimate of drug-likeness (QED) is 0.382. The van der Waals surface area contributed by atoms with Crippen LogP contribution < -0.4 is 10.6 Å². The Hall–Kier alpha value is -4.06. The molecule has 5 rings (SSSR count). The Kier molecular flexibility index (Phi) is 6.03. The number of imidazole rings is 1. The Labute approximate surface area is 200 Å². The average molecular weight is 481 g/mol. The van der Waals surface area contributed by atoms with Gasteiger partial charge in [0.15, 0.2) is 18.1 Å². The maximum atomic E-state index is 15.0. The first-order valence-electron chi connectivity index (χ1n) is 11.2. The molecule has 0 saturated carbocycles. The van der Waals surface area contributed by atoms with Crippen LogP contribution >= 0.6 is 0 Å². The van der Waals surface area contributed by atoms with Crippen molar-refractivity contribution < 1.29 is 18.7 Å². The van der Waals surface area contributed by atoms with E-state index in [1.807, 2.05) is 23.5 Å². The van der Waals surface area contributed by atoms with E-state index in [2.05, 4.69) is 30.8 Å². The normalized spacial score (nSPS) is 19.9. The summed E-state index contributed by atoms with van der Waals surface area (Å²) in [6.45, 7) is 5.43. The number of nitrogens with one attached hydrogen (secondary N) is 3. The molecule has 1 aliphatic rings. The Morgan fingerprint density at radius 3 is 3.00 bits per heavy atom. The smallest absolute Gasteiger partial charge is 0.407 e. The standard InChI is InChI=1S/C23H25FN8O3/c1-12(2)27-23(33)35-16-11-34-20(19(16)24)15-9-17(31-30-15)29-22-28-13(3)18(14-5-4-6-25-10-14)21-26-7-8-32(21)22/h4-10,12,16,19-20H,11H2,1-3H3,(H,27,33)(H2,28,29,30,31)/t16-,19+,20-/m0/s1. The van der Waals surface area contributed by atoms with Crippen LogP contribution in [0.2, 0.25) is 0 Å². The van der Waals surface area contributed by atoms with Crippen LogP contribution in [0.25, 0.3) is 16.8 Å². The molecule has 0 aliphatic carbocycles. The molecule has 1 saturated heterocycles. The van der Waals surface area contributed by atoms with Gasteiger partial charge in [0, 0.05) is 48.0 Å². The number of H-pyrrole nitrogens is 1. The molecule has 1 amide bonds. The number of halogens is 1. The SMILES string of the molecule is Cc1nc(Nc2cc([C@@H]3OC[C@H](OC(=O)NC(C)C)[C@H]3F)[nH]n2)n2ccnc2c1-c1cccnc1. The van der Waals surface area contributed by atoms with E-state index in [4.69, 9.17) is 14.5 Å². The van der Waals surface area contributed by atoms with Gasteiger partial charge in [-0.3, -0.25) is 14.5 Å². The number of pyridine rings is 1. The fourth-order valence-electron chi connectivity index (χ4n) is 4.03. The van der Waals surface area contributed by atoms with E-state index in [0.717, 1.165) is 16.8 Å². The summed E-state index contributed by atoms with van der Waals surface area (Å²) in [6, 6.07) is 5.35. The molecule has 1 aliphatic heterocycles. The number of carbonyl (C=O) groups excluding carboxylic acids is 1. The topological polar surface area (TPSA) is 131 Å². The molecular formula is C23H25FN8O3. The summed E-state index contributed by atoms with van der Waals surface area (Å²) < 4.78 is 27.5. The highest BCUT2D eigenvalue weighted by Crippen LogP contribution is 2.34. The van der Waals surface area contributed by atoms with E-state index in [9.17, 15) is 9.18 Å². The van der Waals surface area contributed by atoms with Gasteiger partial charge in [-0.05, 0) is 26.8 Å². The minimum atomic E-state index is -1.54. The summed E-state index contributed by atoms with van der Waals surface area (Å²) in [5.74, 6) is 0.921. The number of alkyl halides is 1. The molecule has 182 valence electrons. The first kappa shape index (κ1) is 22.7. The summed E-state index contributed by atoms with van der Waals surface area (Å²) in [5, 5.41) is 12.8. The molecule has 0 aromatic carbocycles. The molecule has 11 nitrogen and oxygen atoms in total. The molecule has 0 unspecified atom stereocenters. The number of ether oxygens (including phenoxy) is 2. The average Bonchev–Trinajstić information content (AvgIpc) is 3.55. The maximum absolute atomic E-state index is 15.0. The second-order valence-corrected chi connectivity index (χ2v) is 8.53. The third-order valence-corrected chi connectivity index (χ3v) is 5.57. The van der Waals surface area contributed by atoms with Gasteiger partial charge in [0.25, 0.3) is 0 Å². The fraction of sp³-hybridized carbons (Fsp3) is 0.348. The van der Waals surface area contributed by atoms with Gasteiger partial charge < -0.3 is 20.1 Å². The van der Waals surface area contributed by atoms with Crippen LogP contribution in [-0.4, -0.2) is 60.6 Å². The van der Waals surface area contributed by atoms with Gasteiger partial charge in [-0.2, -0.15) is 5.10 Å². The number of hydrogen-bond donors (Lipinski definition) is 3. The summed E-state index contributed by atoms with van der Waals surface area (Å²) >= 11 is 0. The van der Waals surface area contributed by atoms with Gasteiger partial charge in [-0.15, -0.1) is 0 Å². The lowest BCUT2D eigenvalue weighted by atomic mass is 10.1. The van der Waals surface area contributed by atoms with Crippen molar-refractivity contribution in [2.75, 3.05) is 11.9 Å². The summed E-state index contributed by atoms with van der Waals surface area (Å²) in [5.41, 5.74) is 3.68. The second kappa shape index (κ2) is 9.29. The van der Waals surface area contributed by atoms with Crippen molar-refractivity contribution in [1.82, 2.24) is 34.9 Å². The Bertz CT molecular complexity index is 1340. The van der Waals surface area contributed by atoms with E-state index in [1.54, 1.807) is 44.7 Å². The first-order valence-corrected chi connectivity index (χ1v) is 11.2. The highest BCUT2D eigenvalue weighted by Gasteiger charge is 2.42. The molecule has 4 aromatic rings. The number of nitrogens with zero attached hydrogens (tertiary/aromatic N) is 5. The van der Waals surface area contributed by atoms with Gasteiger partial charge >= 0.3 is 6.09 Å². The van der Waals surface area contributed by atoms with Crippen molar-refractivity contribution in [3.63, 3.8) is 0 Å². The van der Waals surface area contributed by atoms with Crippen LogP contribution in [0.1, 0.15) is 31.3 Å². The Morgan fingerprint density at radius 2 is 2.23 bits per heavy atom. The molecule has 35 heavy (non-hydrogen) atoms. The zero-order valence-corrected chi connectivity index (χ0v) is 19.4. The minimum Gasteiger partial charge on any atom is -0.441 e. The summed E-state index contributed by atoms with van der Waals surface area (Å²) in [4.78, 5) is 25.2. The molecule has 0 spiro atoms. The van der Waals surface area contributed by atoms with E-state index in [-0.39, 0.29) is 12.6 Å². The molecule has 3 atom stereocenters. The van der Waals surface area contributed by atoms with Crippen molar-refractivity contribution in [2.45, 2.75) is 45.2 Å². The third-order valence-electron chi connectivity index (χ3n) is 5.57. The van der Waals surface area contributed by atoms with Crippen LogP contribution in [0, 0.1) is 6.92 Å². The number of rotatable bonds is 6. The second-order valence-electron chi connectivity index (χ2n) is 8.53. The van der Waals surface area contributed by atoms with Crippen molar-refractivity contribution in [1.29, 1.82) is 0 Å². The van der Waals surface area contributed by atoms with Crippen LogP contribution in [0.4, 0.5) is 21.0 Å². The zero-order valence-electron chi connectivity index (χ0n) is 19.4. The fourth-order valence-corrected chi connectivity index (χ4v) is 4.03. The van der Waals surface area contributed by atoms with E-state index in [0.29, 0.717) is 23.1 Å². The Morgan fingerprint density at radius 1 is 1.37 bits per heavy atom. The van der Waals surface area contributed by atoms with Gasteiger partial charge in [-0.25, -0.2) is 19.2 Å². The number of aryl methyl sites for hydroxylation is 1. The molecular weight excluding hydrogens is 455 g/mol. The lowest BCUT2D eigenvalue weighted by molar-refractivity contribution is 0.0615. The predicted octanol–water partition coefficient (Wildman–Crippen LogP) is 3.48. The zero-order chi connectivity index (χ0) is 24.5. The molecule has 1 fully saturated rings. The number of aromatic nitrogens is 6. The van der Waals surface area contributed by atoms with Crippen LogP contribution in [0.15, 0.2) is 43.0 Å². The number of fused-ring (bicyclic) bond motifs is 1. The van der Waals surface area contributed by atoms with Crippen LogP contribution in [-0.2, 0) is 9.47 Å². The molecule has 0 bridgehead atoms. The molecule has 4 aromatic heterocycles. The third kappa shape index (κ3) is 4.52. The number of alkyl carbamates (subject to hydrolysis) is 1. The van der Waals surface area contributed by atoms with Crippen molar-refractivity contribution >= 4 is 23.5 Å². The molecule has 12 heteroatoms. The van der Waals surface area contributed by atoms with Gasteiger partial charge in [0.2, 0.25) is 5.95 Å². The van der Waals surface area contributed by atoms with Crippen LogP contribution in [0.3, 0.4) is 0 Å². The van der Waals surface area contributed by atoms with Gasteiger partial charge in [0.05, 0.1) is 18.0 Å². The molecule has 5 heterocycles. The number of amides is 1. The maximum Gasteiger partial charge on any atom is 0.407 e. The van der Waals surface area contributed by atoms with Gasteiger partial charge in [0.1, 0.15) is 11.8 Å². The Balaban J connectivity index is 1.34. The van der Waals surface area contributed by atoms with E-state index in [1.165, 1.54) is 0 Å².